The van der Waals surface area contributed by atoms with Gasteiger partial charge in [0.2, 0.25) is 10.0 Å². The van der Waals surface area contributed by atoms with Crippen molar-refractivity contribution in [1.82, 2.24) is 9.62 Å². The standard InChI is InChI=1S/C17H19N3O2S2/c18-12-14-3-5-15(6-4-14)13-20-9-7-16(8-10-20)19-24(21,22)17-2-1-11-23-17/h1-6,11,16,19H,7-10,13H2. The number of nitrogens with zero attached hydrogens (tertiary/aromatic N) is 2. The van der Waals surface area contributed by atoms with Crippen LogP contribution in [0.15, 0.2) is 46.0 Å². The zero-order valence-electron chi connectivity index (χ0n) is 13.2. The fourth-order valence-corrected chi connectivity index (χ4v) is 5.16. The van der Waals surface area contributed by atoms with E-state index in [2.05, 4.69) is 15.7 Å². The molecule has 126 valence electrons. The molecule has 2 aromatic rings. The molecule has 0 aliphatic carbocycles. The fourth-order valence-electron chi connectivity index (χ4n) is 2.85. The Bertz CT molecular complexity index is 801. The molecular formula is C17H19N3O2S2. The summed E-state index contributed by atoms with van der Waals surface area (Å²) in [4.78, 5) is 2.32. The molecule has 1 fully saturated rings. The zero-order valence-corrected chi connectivity index (χ0v) is 14.8. The molecule has 0 atom stereocenters. The quantitative estimate of drug-likeness (QED) is 0.888. The van der Waals surface area contributed by atoms with Gasteiger partial charge in [-0.1, -0.05) is 18.2 Å². The van der Waals surface area contributed by atoms with Crippen LogP contribution in [-0.2, 0) is 16.6 Å². The molecule has 24 heavy (non-hydrogen) atoms. The highest BCUT2D eigenvalue weighted by molar-refractivity contribution is 7.91. The summed E-state index contributed by atoms with van der Waals surface area (Å²) >= 11 is 1.24. The van der Waals surface area contributed by atoms with Crippen LogP contribution < -0.4 is 4.72 Å². The number of benzene rings is 1. The first-order valence-corrected chi connectivity index (χ1v) is 10.2. The third-order valence-electron chi connectivity index (χ3n) is 4.16. The summed E-state index contributed by atoms with van der Waals surface area (Å²) < 4.78 is 27.7. The Hall–Kier alpha value is -1.72. The van der Waals surface area contributed by atoms with E-state index in [1.807, 2.05) is 24.3 Å². The molecule has 3 rings (SSSR count). The molecule has 1 N–H and O–H groups in total. The van der Waals surface area contributed by atoms with Gasteiger partial charge in [0.05, 0.1) is 11.6 Å². The van der Waals surface area contributed by atoms with Crippen LogP contribution in [0.25, 0.3) is 0 Å². The van der Waals surface area contributed by atoms with Gasteiger partial charge in [-0.25, -0.2) is 13.1 Å². The van der Waals surface area contributed by atoms with E-state index in [4.69, 9.17) is 5.26 Å². The van der Waals surface area contributed by atoms with Crippen LogP contribution in [0.4, 0.5) is 0 Å². The molecule has 1 saturated heterocycles. The average Bonchev–Trinajstić information content (AvgIpc) is 3.13. The van der Waals surface area contributed by atoms with Gasteiger partial charge in [-0.15, -0.1) is 11.3 Å². The van der Waals surface area contributed by atoms with Crippen LogP contribution in [-0.4, -0.2) is 32.4 Å². The van der Waals surface area contributed by atoms with Crippen LogP contribution in [0.2, 0.25) is 0 Å². The van der Waals surface area contributed by atoms with E-state index in [0.717, 1.165) is 32.5 Å². The molecule has 7 heteroatoms. The number of hydrogen-bond donors (Lipinski definition) is 1. The number of thiophene rings is 1. The molecule has 0 amide bonds. The van der Waals surface area contributed by atoms with Gasteiger partial charge in [-0.3, -0.25) is 4.90 Å². The second-order valence-corrected chi connectivity index (χ2v) is 8.80. The van der Waals surface area contributed by atoms with Crippen molar-refractivity contribution in [3.8, 4) is 6.07 Å². The largest absolute Gasteiger partial charge is 0.299 e. The van der Waals surface area contributed by atoms with Crippen molar-refractivity contribution in [1.29, 1.82) is 5.26 Å². The SMILES string of the molecule is N#Cc1ccc(CN2CCC(NS(=O)(=O)c3cccs3)CC2)cc1. The van der Waals surface area contributed by atoms with Crippen LogP contribution in [0, 0.1) is 11.3 Å². The number of nitriles is 1. The maximum Gasteiger partial charge on any atom is 0.250 e. The number of nitrogens with one attached hydrogen (secondary N) is 1. The minimum Gasteiger partial charge on any atom is -0.299 e. The van der Waals surface area contributed by atoms with Crippen LogP contribution in [0.3, 0.4) is 0 Å². The van der Waals surface area contributed by atoms with Crippen molar-refractivity contribution >= 4 is 21.4 Å². The number of sulfonamides is 1. The topological polar surface area (TPSA) is 73.2 Å². The van der Waals surface area contributed by atoms with E-state index < -0.39 is 10.0 Å². The molecule has 1 aliphatic heterocycles. The Morgan fingerprint density at radius 2 is 1.92 bits per heavy atom. The second-order valence-electron chi connectivity index (χ2n) is 5.91. The van der Waals surface area contributed by atoms with Gasteiger partial charge < -0.3 is 0 Å². The summed E-state index contributed by atoms with van der Waals surface area (Å²) in [6.07, 6.45) is 1.61. The van der Waals surface area contributed by atoms with Crippen LogP contribution in [0.1, 0.15) is 24.0 Å². The minimum atomic E-state index is -3.38. The van der Waals surface area contributed by atoms with Gasteiger partial charge in [0.25, 0.3) is 0 Å². The Kier molecular flexibility index (Phi) is 5.31. The van der Waals surface area contributed by atoms with Crippen molar-refractivity contribution < 1.29 is 8.42 Å². The summed E-state index contributed by atoms with van der Waals surface area (Å²) in [7, 11) is -3.38. The Balaban J connectivity index is 1.51. The lowest BCUT2D eigenvalue weighted by atomic mass is 10.0. The molecule has 1 aliphatic rings. The summed E-state index contributed by atoms with van der Waals surface area (Å²) in [6, 6.07) is 13.1. The molecule has 0 bridgehead atoms. The molecule has 0 saturated carbocycles. The van der Waals surface area contributed by atoms with E-state index in [-0.39, 0.29) is 6.04 Å². The van der Waals surface area contributed by atoms with E-state index in [9.17, 15) is 8.42 Å². The fraction of sp³-hybridized carbons (Fsp3) is 0.353. The number of rotatable bonds is 5. The lowest BCUT2D eigenvalue weighted by molar-refractivity contribution is 0.200. The molecule has 1 aromatic carbocycles. The van der Waals surface area contributed by atoms with Crippen molar-refractivity contribution in [2.24, 2.45) is 0 Å². The zero-order chi connectivity index (χ0) is 17.0. The molecule has 5 nitrogen and oxygen atoms in total. The van der Waals surface area contributed by atoms with Gasteiger partial charge in [0, 0.05) is 25.7 Å². The van der Waals surface area contributed by atoms with E-state index in [0.29, 0.717) is 9.77 Å². The lowest BCUT2D eigenvalue weighted by Crippen LogP contribution is -2.44. The van der Waals surface area contributed by atoms with E-state index in [1.54, 1.807) is 17.5 Å². The highest BCUT2D eigenvalue weighted by Crippen LogP contribution is 2.19. The van der Waals surface area contributed by atoms with Gasteiger partial charge in [-0.2, -0.15) is 5.26 Å². The summed E-state index contributed by atoms with van der Waals surface area (Å²) in [5.41, 5.74) is 1.84. The third kappa shape index (κ3) is 4.22. The summed E-state index contributed by atoms with van der Waals surface area (Å²) in [6.45, 7) is 2.55. The minimum absolute atomic E-state index is 0.00526. The molecule has 2 heterocycles. The van der Waals surface area contributed by atoms with Crippen molar-refractivity contribution in [2.45, 2.75) is 29.6 Å². The highest BCUT2D eigenvalue weighted by atomic mass is 32.2. The highest BCUT2D eigenvalue weighted by Gasteiger charge is 2.25. The molecule has 0 radical (unpaired) electrons. The van der Waals surface area contributed by atoms with Gasteiger partial charge in [0.1, 0.15) is 4.21 Å². The maximum absolute atomic E-state index is 12.3. The van der Waals surface area contributed by atoms with E-state index in [1.165, 1.54) is 16.9 Å². The average molecular weight is 361 g/mol. The third-order valence-corrected chi connectivity index (χ3v) is 7.08. The van der Waals surface area contributed by atoms with Crippen molar-refractivity contribution in [2.75, 3.05) is 13.1 Å². The number of piperidine rings is 1. The smallest absolute Gasteiger partial charge is 0.250 e. The lowest BCUT2D eigenvalue weighted by Gasteiger charge is -2.32. The normalized spacial score (nSPS) is 16.8. The first-order chi connectivity index (χ1) is 11.6. The van der Waals surface area contributed by atoms with Crippen molar-refractivity contribution in [3.63, 3.8) is 0 Å². The Labute approximate surface area is 146 Å². The molecular weight excluding hydrogens is 342 g/mol. The second kappa shape index (κ2) is 7.45. The molecule has 0 unspecified atom stereocenters. The molecule has 1 aromatic heterocycles. The summed E-state index contributed by atoms with van der Waals surface area (Å²) in [5.74, 6) is 0. The monoisotopic (exact) mass is 361 g/mol. The van der Waals surface area contributed by atoms with Gasteiger partial charge in [-0.05, 0) is 42.0 Å². The van der Waals surface area contributed by atoms with Crippen molar-refractivity contribution in [3.05, 3.63) is 52.9 Å². The van der Waals surface area contributed by atoms with Crippen LogP contribution >= 0.6 is 11.3 Å². The van der Waals surface area contributed by atoms with Gasteiger partial charge in [0.15, 0.2) is 0 Å². The summed E-state index contributed by atoms with van der Waals surface area (Å²) in [5, 5.41) is 10.6. The maximum atomic E-state index is 12.3. The van der Waals surface area contributed by atoms with E-state index >= 15 is 0 Å². The predicted molar refractivity (Wildman–Crippen MR) is 94.1 cm³/mol. The molecule has 0 spiro atoms. The predicted octanol–water partition coefficient (Wildman–Crippen LogP) is 2.56. The first kappa shape index (κ1) is 17.1. The number of likely N-dealkylation sites (tertiary alicyclic amines) is 1. The number of hydrogen-bond acceptors (Lipinski definition) is 5. The van der Waals surface area contributed by atoms with Gasteiger partial charge >= 0.3 is 0 Å². The Morgan fingerprint density at radius 3 is 2.50 bits per heavy atom. The van der Waals surface area contributed by atoms with Crippen LogP contribution in [0.5, 0.6) is 0 Å². The Morgan fingerprint density at radius 1 is 1.21 bits per heavy atom. The first-order valence-electron chi connectivity index (χ1n) is 7.84.